The highest BCUT2D eigenvalue weighted by Gasteiger charge is 2.19. The van der Waals surface area contributed by atoms with E-state index in [4.69, 9.17) is 23.4 Å². The molecule has 9 heteroatoms. The van der Waals surface area contributed by atoms with Gasteiger partial charge in [-0.05, 0) is 43.7 Å². The topological polar surface area (TPSA) is 104 Å². The molecule has 0 bridgehead atoms. The maximum Gasteiger partial charge on any atom is 0.419 e. The largest absolute Gasteiger partial charge is 0.497 e. The number of furan rings is 1. The number of hydrogen-bond acceptors (Lipinski definition) is 8. The van der Waals surface area contributed by atoms with E-state index in [1.54, 1.807) is 24.4 Å². The number of carbonyl (C=O) groups is 1. The fraction of sp³-hybridized carbons (Fsp3) is 0.259. The van der Waals surface area contributed by atoms with Gasteiger partial charge in [-0.1, -0.05) is 12.1 Å². The quantitative estimate of drug-likeness (QED) is 0.272. The van der Waals surface area contributed by atoms with Crippen molar-refractivity contribution in [3.63, 3.8) is 0 Å². The van der Waals surface area contributed by atoms with Crippen molar-refractivity contribution >= 4 is 22.7 Å². The molecule has 2 heterocycles. The van der Waals surface area contributed by atoms with Gasteiger partial charge < -0.3 is 28.7 Å². The van der Waals surface area contributed by atoms with E-state index in [1.165, 1.54) is 14.2 Å². The minimum absolute atomic E-state index is 0.103. The first-order valence-corrected chi connectivity index (χ1v) is 11.5. The number of benzene rings is 2. The van der Waals surface area contributed by atoms with Crippen molar-refractivity contribution in [1.82, 2.24) is 10.3 Å². The van der Waals surface area contributed by atoms with Crippen LogP contribution in [0.1, 0.15) is 17.5 Å². The normalized spacial score (nSPS) is 10.8. The van der Waals surface area contributed by atoms with E-state index in [0.29, 0.717) is 40.7 Å². The van der Waals surface area contributed by atoms with E-state index in [2.05, 4.69) is 15.6 Å². The number of anilines is 1. The zero-order chi connectivity index (χ0) is 25.3. The molecule has 9 nitrogen and oxygen atoms in total. The molecule has 0 aliphatic rings. The molecule has 0 radical (unpaired) electrons. The van der Waals surface area contributed by atoms with E-state index >= 15 is 0 Å². The van der Waals surface area contributed by atoms with Crippen LogP contribution in [0.15, 0.2) is 65.3 Å². The minimum Gasteiger partial charge on any atom is -0.497 e. The Kier molecular flexibility index (Phi) is 8.25. The average molecular weight is 492 g/mol. The predicted octanol–water partition coefficient (Wildman–Crippen LogP) is 5.32. The molecule has 0 aliphatic carbocycles. The van der Waals surface area contributed by atoms with E-state index < -0.39 is 6.09 Å². The Labute approximate surface area is 209 Å². The van der Waals surface area contributed by atoms with E-state index in [9.17, 15) is 4.79 Å². The monoisotopic (exact) mass is 491 g/mol. The second-order valence-electron chi connectivity index (χ2n) is 8.00. The van der Waals surface area contributed by atoms with Crippen LogP contribution < -0.4 is 29.6 Å². The molecule has 0 saturated carbocycles. The van der Waals surface area contributed by atoms with Crippen molar-refractivity contribution < 1.29 is 28.2 Å². The van der Waals surface area contributed by atoms with Crippen molar-refractivity contribution in [1.29, 1.82) is 0 Å². The molecule has 0 atom stereocenters. The van der Waals surface area contributed by atoms with Crippen LogP contribution in [0.3, 0.4) is 0 Å². The van der Waals surface area contributed by atoms with Gasteiger partial charge in [0.1, 0.15) is 22.8 Å². The smallest absolute Gasteiger partial charge is 0.419 e. The van der Waals surface area contributed by atoms with Gasteiger partial charge in [-0.3, -0.25) is 10.3 Å². The molecule has 188 valence electrons. The third-order valence-electron chi connectivity index (χ3n) is 5.46. The number of fused-ring (bicyclic) bond motifs is 1. The third-order valence-corrected chi connectivity index (χ3v) is 5.46. The summed E-state index contributed by atoms with van der Waals surface area (Å²) < 4.78 is 27.8. The number of nitrogens with one attached hydrogen (secondary N) is 2. The van der Waals surface area contributed by atoms with Gasteiger partial charge in [0.15, 0.2) is 0 Å². The fourth-order valence-electron chi connectivity index (χ4n) is 3.68. The Bertz CT molecular complexity index is 1280. The standard InChI is InChI=1S/C27H29N3O6/c1-18-25-23(34-12-6-11-29-17-19-7-5-10-28-16-19)8-4-9-24(25)35-26(18)36-27(31)30-20-13-21(32-2)15-22(14-20)33-3/h4-5,7-10,13-16,29H,6,11-12,17H2,1-3H3,(H,30,31). The molecule has 2 aromatic heterocycles. The van der Waals surface area contributed by atoms with E-state index in [1.807, 2.05) is 43.5 Å². The summed E-state index contributed by atoms with van der Waals surface area (Å²) in [6, 6.07) is 14.5. The summed E-state index contributed by atoms with van der Waals surface area (Å²) in [4.78, 5) is 16.7. The summed E-state index contributed by atoms with van der Waals surface area (Å²) in [6.45, 7) is 3.91. The van der Waals surface area contributed by atoms with Gasteiger partial charge in [0.05, 0.1) is 31.9 Å². The second kappa shape index (κ2) is 11.9. The third kappa shape index (κ3) is 6.25. The predicted molar refractivity (Wildman–Crippen MR) is 136 cm³/mol. The molecular formula is C27H29N3O6. The number of methoxy groups -OCH3 is 2. The highest BCUT2D eigenvalue weighted by atomic mass is 16.6. The van der Waals surface area contributed by atoms with Crippen molar-refractivity contribution in [2.45, 2.75) is 19.9 Å². The Balaban J connectivity index is 1.35. The number of aryl methyl sites for hydroxylation is 1. The fourth-order valence-corrected chi connectivity index (χ4v) is 3.68. The summed E-state index contributed by atoms with van der Waals surface area (Å²) in [6.07, 6.45) is 3.73. The lowest BCUT2D eigenvalue weighted by Crippen LogP contribution is -2.17. The van der Waals surface area contributed by atoms with Crippen LogP contribution in [0.2, 0.25) is 0 Å². The number of nitrogens with zero attached hydrogens (tertiary/aromatic N) is 1. The van der Waals surface area contributed by atoms with Crippen LogP contribution in [-0.4, -0.2) is 38.4 Å². The molecule has 0 saturated heterocycles. The highest BCUT2D eigenvalue weighted by Crippen LogP contribution is 2.37. The van der Waals surface area contributed by atoms with Gasteiger partial charge in [0.25, 0.3) is 5.95 Å². The summed E-state index contributed by atoms with van der Waals surface area (Å²) in [5.41, 5.74) is 2.85. The molecule has 2 aromatic carbocycles. The van der Waals surface area contributed by atoms with Crippen molar-refractivity contribution in [2.24, 2.45) is 0 Å². The molecule has 4 aromatic rings. The molecule has 2 N–H and O–H groups in total. The van der Waals surface area contributed by atoms with Crippen LogP contribution in [0, 0.1) is 6.92 Å². The summed E-state index contributed by atoms with van der Waals surface area (Å²) in [5, 5.41) is 6.82. The van der Waals surface area contributed by atoms with Gasteiger partial charge in [-0.2, -0.15) is 0 Å². The number of aromatic nitrogens is 1. The molecular weight excluding hydrogens is 462 g/mol. The highest BCUT2D eigenvalue weighted by molar-refractivity contribution is 5.91. The Morgan fingerprint density at radius 3 is 2.58 bits per heavy atom. The number of rotatable bonds is 11. The lowest BCUT2D eigenvalue weighted by molar-refractivity contribution is 0.203. The molecule has 36 heavy (non-hydrogen) atoms. The molecule has 0 spiro atoms. The van der Waals surface area contributed by atoms with Gasteiger partial charge in [0, 0.05) is 42.7 Å². The first kappa shape index (κ1) is 24.9. The maximum absolute atomic E-state index is 12.6. The maximum atomic E-state index is 12.6. The van der Waals surface area contributed by atoms with Crippen LogP contribution >= 0.6 is 0 Å². The van der Waals surface area contributed by atoms with Crippen LogP contribution in [-0.2, 0) is 6.54 Å². The molecule has 0 unspecified atom stereocenters. The lowest BCUT2D eigenvalue weighted by atomic mass is 10.1. The summed E-state index contributed by atoms with van der Waals surface area (Å²) in [7, 11) is 3.07. The van der Waals surface area contributed by atoms with Crippen molar-refractivity contribution in [3.05, 3.63) is 72.1 Å². The lowest BCUT2D eigenvalue weighted by Gasteiger charge is -2.09. The Hall–Kier alpha value is -4.24. The molecule has 0 aliphatic heterocycles. The number of hydrogen-bond donors (Lipinski definition) is 2. The molecule has 4 rings (SSSR count). The number of carbonyl (C=O) groups excluding carboxylic acids is 1. The summed E-state index contributed by atoms with van der Waals surface area (Å²) in [5.74, 6) is 1.86. The molecule has 0 fully saturated rings. The number of pyridine rings is 1. The Morgan fingerprint density at radius 1 is 1.06 bits per heavy atom. The molecule has 1 amide bonds. The van der Waals surface area contributed by atoms with E-state index in [0.717, 1.165) is 30.5 Å². The first-order chi connectivity index (χ1) is 17.6. The average Bonchev–Trinajstić information content (AvgIpc) is 3.21. The van der Waals surface area contributed by atoms with Gasteiger partial charge >= 0.3 is 6.09 Å². The van der Waals surface area contributed by atoms with Crippen LogP contribution in [0.5, 0.6) is 23.2 Å². The number of ether oxygens (including phenoxy) is 4. The number of amides is 1. The van der Waals surface area contributed by atoms with Crippen LogP contribution in [0.4, 0.5) is 10.5 Å². The van der Waals surface area contributed by atoms with Crippen molar-refractivity contribution in [3.8, 4) is 23.2 Å². The Morgan fingerprint density at radius 2 is 1.86 bits per heavy atom. The first-order valence-electron chi connectivity index (χ1n) is 11.5. The van der Waals surface area contributed by atoms with Crippen molar-refractivity contribution in [2.75, 3.05) is 32.7 Å². The van der Waals surface area contributed by atoms with Crippen LogP contribution in [0.25, 0.3) is 11.0 Å². The zero-order valence-electron chi connectivity index (χ0n) is 20.5. The summed E-state index contributed by atoms with van der Waals surface area (Å²) >= 11 is 0. The zero-order valence-corrected chi connectivity index (χ0v) is 20.5. The van der Waals surface area contributed by atoms with Gasteiger partial charge in [-0.25, -0.2) is 4.79 Å². The minimum atomic E-state index is -0.699. The second-order valence-corrected chi connectivity index (χ2v) is 8.00. The van der Waals surface area contributed by atoms with Gasteiger partial charge in [0.2, 0.25) is 0 Å². The SMILES string of the molecule is COc1cc(NC(=O)Oc2oc3cccc(OCCCNCc4cccnc4)c3c2C)cc(OC)c1. The van der Waals surface area contributed by atoms with E-state index in [-0.39, 0.29) is 5.95 Å². The van der Waals surface area contributed by atoms with Gasteiger partial charge in [-0.15, -0.1) is 0 Å².